The standard InChI is InChI=1S/C14H13NS2/c1-2-4-14-11(3-1)9-13(17-14)10-16-12-5-7-15-8-6-12/h1-8,13H,9-10H2. The Balaban J connectivity index is 1.59. The van der Waals surface area contributed by atoms with E-state index in [9.17, 15) is 0 Å². The van der Waals surface area contributed by atoms with Crippen LogP contribution in [0.3, 0.4) is 0 Å². The molecule has 2 aromatic rings. The van der Waals surface area contributed by atoms with Gasteiger partial charge in [0.15, 0.2) is 0 Å². The van der Waals surface area contributed by atoms with E-state index in [2.05, 4.69) is 41.4 Å². The minimum absolute atomic E-state index is 0.713. The molecule has 0 bridgehead atoms. The molecule has 1 aromatic heterocycles. The zero-order valence-electron chi connectivity index (χ0n) is 9.37. The van der Waals surface area contributed by atoms with Gasteiger partial charge in [-0.25, -0.2) is 0 Å². The molecule has 0 aliphatic carbocycles. The number of fused-ring (bicyclic) bond motifs is 1. The zero-order chi connectivity index (χ0) is 11.5. The molecule has 1 atom stereocenters. The molecule has 0 N–H and O–H groups in total. The van der Waals surface area contributed by atoms with Crippen molar-refractivity contribution in [2.75, 3.05) is 5.75 Å². The van der Waals surface area contributed by atoms with E-state index in [0.717, 1.165) is 0 Å². The summed E-state index contributed by atoms with van der Waals surface area (Å²) in [5.41, 5.74) is 1.51. The van der Waals surface area contributed by atoms with Gasteiger partial charge in [0.25, 0.3) is 0 Å². The van der Waals surface area contributed by atoms with Crippen molar-refractivity contribution in [3.63, 3.8) is 0 Å². The van der Waals surface area contributed by atoms with E-state index in [-0.39, 0.29) is 0 Å². The van der Waals surface area contributed by atoms with E-state index < -0.39 is 0 Å². The average molecular weight is 259 g/mol. The van der Waals surface area contributed by atoms with Crippen molar-refractivity contribution in [3.05, 3.63) is 54.4 Å². The molecule has 3 rings (SSSR count). The third-order valence-corrected chi connectivity index (χ3v) is 5.50. The monoisotopic (exact) mass is 259 g/mol. The summed E-state index contributed by atoms with van der Waals surface area (Å²) in [5.74, 6) is 1.17. The lowest BCUT2D eigenvalue weighted by Gasteiger charge is -2.07. The maximum Gasteiger partial charge on any atom is 0.0278 e. The number of pyridine rings is 1. The van der Waals surface area contributed by atoms with Gasteiger partial charge >= 0.3 is 0 Å². The first kappa shape index (κ1) is 11.2. The van der Waals surface area contributed by atoms with Gasteiger partial charge < -0.3 is 0 Å². The molecule has 1 aliphatic heterocycles. The van der Waals surface area contributed by atoms with Crippen LogP contribution in [-0.2, 0) is 6.42 Å². The summed E-state index contributed by atoms with van der Waals surface area (Å²) in [5, 5.41) is 0.713. The molecule has 1 nitrogen and oxygen atoms in total. The smallest absolute Gasteiger partial charge is 0.0278 e. The van der Waals surface area contributed by atoms with Gasteiger partial charge in [-0.3, -0.25) is 4.98 Å². The Morgan fingerprint density at radius 3 is 2.82 bits per heavy atom. The number of rotatable bonds is 3. The number of hydrogen-bond acceptors (Lipinski definition) is 3. The fraction of sp³-hybridized carbons (Fsp3) is 0.214. The van der Waals surface area contributed by atoms with Crippen molar-refractivity contribution < 1.29 is 0 Å². The van der Waals surface area contributed by atoms with Crippen molar-refractivity contribution in [2.45, 2.75) is 21.5 Å². The minimum atomic E-state index is 0.713. The van der Waals surface area contributed by atoms with Gasteiger partial charge in [-0.1, -0.05) is 18.2 Å². The summed E-state index contributed by atoms with van der Waals surface area (Å²) in [6.07, 6.45) is 4.93. The lowest BCUT2D eigenvalue weighted by atomic mass is 10.1. The highest BCUT2D eigenvalue weighted by Gasteiger charge is 2.21. The largest absolute Gasteiger partial charge is 0.265 e. The molecule has 0 saturated carbocycles. The van der Waals surface area contributed by atoms with Crippen LogP contribution in [0, 0.1) is 0 Å². The van der Waals surface area contributed by atoms with Crippen LogP contribution in [0.15, 0.2) is 58.6 Å². The fourth-order valence-corrected chi connectivity index (χ4v) is 4.34. The normalized spacial score (nSPS) is 18.0. The third-order valence-electron chi connectivity index (χ3n) is 2.80. The molecule has 1 unspecified atom stereocenters. The summed E-state index contributed by atoms with van der Waals surface area (Å²) < 4.78 is 0. The molecule has 0 spiro atoms. The Morgan fingerprint density at radius 1 is 1.18 bits per heavy atom. The van der Waals surface area contributed by atoms with Crippen LogP contribution in [0.2, 0.25) is 0 Å². The molecule has 0 saturated heterocycles. The van der Waals surface area contributed by atoms with Crippen molar-refractivity contribution in [3.8, 4) is 0 Å². The highest BCUT2D eigenvalue weighted by molar-refractivity contribution is 8.03. The van der Waals surface area contributed by atoms with Gasteiger partial charge in [-0.05, 0) is 30.2 Å². The van der Waals surface area contributed by atoms with E-state index in [1.165, 1.54) is 27.5 Å². The maximum absolute atomic E-state index is 4.04. The van der Waals surface area contributed by atoms with E-state index in [1.807, 2.05) is 35.9 Å². The molecule has 86 valence electrons. The van der Waals surface area contributed by atoms with Crippen LogP contribution in [-0.4, -0.2) is 16.0 Å². The molecule has 0 fully saturated rings. The van der Waals surface area contributed by atoms with Crippen molar-refractivity contribution in [1.82, 2.24) is 4.98 Å². The molecule has 17 heavy (non-hydrogen) atoms. The number of hydrogen-bond donors (Lipinski definition) is 0. The fourth-order valence-electron chi connectivity index (χ4n) is 1.97. The second-order valence-electron chi connectivity index (χ2n) is 4.05. The highest BCUT2D eigenvalue weighted by atomic mass is 32.2. The maximum atomic E-state index is 4.04. The van der Waals surface area contributed by atoms with Crippen LogP contribution in [0.4, 0.5) is 0 Å². The summed E-state index contributed by atoms with van der Waals surface area (Å²) in [6, 6.07) is 12.9. The molecule has 2 heterocycles. The van der Waals surface area contributed by atoms with Crippen LogP contribution in [0.5, 0.6) is 0 Å². The van der Waals surface area contributed by atoms with Crippen LogP contribution >= 0.6 is 23.5 Å². The Bertz CT molecular complexity index is 474. The van der Waals surface area contributed by atoms with Crippen molar-refractivity contribution in [2.24, 2.45) is 0 Å². The third kappa shape index (κ3) is 2.67. The van der Waals surface area contributed by atoms with Crippen molar-refractivity contribution >= 4 is 23.5 Å². The van der Waals surface area contributed by atoms with Crippen LogP contribution in [0.1, 0.15) is 5.56 Å². The van der Waals surface area contributed by atoms with Gasteiger partial charge in [-0.2, -0.15) is 0 Å². The molecular formula is C14H13NS2. The Labute approximate surface area is 110 Å². The van der Waals surface area contributed by atoms with E-state index in [4.69, 9.17) is 0 Å². The molecule has 3 heteroatoms. The summed E-state index contributed by atoms with van der Waals surface area (Å²) in [6.45, 7) is 0. The minimum Gasteiger partial charge on any atom is -0.265 e. The van der Waals surface area contributed by atoms with Gasteiger partial charge in [-0.15, -0.1) is 23.5 Å². The summed E-state index contributed by atoms with van der Waals surface area (Å²) in [4.78, 5) is 6.82. The predicted octanol–water partition coefficient (Wildman–Crippen LogP) is 3.89. The predicted molar refractivity (Wildman–Crippen MR) is 74.8 cm³/mol. The number of benzene rings is 1. The SMILES string of the molecule is c1ccc2c(c1)CC(CSc1ccncc1)S2. The average Bonchev–Trinajstić information content (AvgIpc) is 2.80. The second kappa shape index (κ2) is 5.15. The highest BCUT2D eigenvalue weighted by Crippen LogP contribution is 2.38. The van der Waals surface area contributed by atoms with Gasteiger partial charge in [0.2, 0.25) is 0 Å². The van der Waals surface area contributed by atoms with E-state index >= 15 is 0 Å². The second-order valence-corrected chi connectivity index (χ2v) is 6.48. The molecule has 0 radical (unpaired) electrons. The lowest BCUT2D eigenvalue weighted by Crippen LogP contribution is -2.03. The number of aromatic nitrogens is 1. The Hall–Kier alpha value is -0.930. The molecule has 0 amide bonds. The first-order valence-electron chi connectivity index (χ1n) is 5.69. The van der Waals surface area contributed by atoms with Crippen LogP contribution < -0.4 is 0 Å². The van der Waals surface area contributed by atoms with Gasteiger partial charge in [0.05, 0.1) is 0 Å². The quantitative estimate of drug-likeness (QED) is 0.776. The topological polar surface area (TPSA) is 12.9 Å². The number of nitrogens with zero attached hydrogens (tertiary/aromatic N) is 1. The van der Waals surface area contributed by atoms with Gasteiger partial charge in [0, 0.05) is 33.2 Å². The Kier molecular flexibility index (Phi) is 3.39. The van der Waals surface area contributed by atoms with E-state index in [0.29, 0.717) is 5.25 Å². The Morgan fingerprint density at radius 2 is 2.00 bits per heavy atom. The zero-order valence-corrected chi connectivity index (χ0v) is 11.0. The molecule has 1 aliphatic rings. The van der Waals surface area contributed by atoms with E-state index in [1.54, 1.807) is 0 Å². The lowest BCUT2D eigenvalue weighted by molar-refractivity contribution is 0.970. The molecule has 1 aromatic carbocycles. The first-order chi connectivity index (χ1) is 8.42. The summed E-state index contributed by atoms with van der Waals surface area (Å²) >= 11 is 3.95. The number of thioether (sulfide) groups is 2. The first-order valence-corrected chi connectivity index (χ1v) is 7.56. The van der Waals surface area contributed by atoms with Gasteiger partial charge in [0.1, 0.15) is 0 Å². The van der Waals surface area contributed by atoms with Crippen molar-refractivity contribution in [1.29, 1.82) is 0 Å². The summed E-state index contributed by atoms with van der Waals surface area (Å²) in [7, 11) is 0. The van der Waals surface area contributed by atoms with Crippen LogP contribution in [0.25, 0.3) is 0 Å². The molecular weight excluding hydrogens is 246 g/mol.